The molecule has 0 aliphatic heterocycles. The highest BCUT2D eigenvalue weighted by Gasteiger charge is 2.13. The maximum absolute atomic E-state index is 13.8. The highest BCUT2D eigenvalue weighted by atomic mass is 32.1. The lowest BCUT2D eigenvalue weighted by Gasteiger charge is -2.05. The zero-order valence-electron chi connectivity index (χ0n) is 9.98. The zero-order valence-corrected chi connectivity index (χ0v) is 10.8. The molecule has 0 amide bonds. The van der Waals surface area contributed by atoms with Crippen molar-refractivity contribution in [2.45, 2.75) is 6.92 Å². The molecule has 3 rings (SSSR count). The van der Waals surface area contributed by atoms with Gasteiger partial charge in [-0.05, 0) is 25.1 Å². The summed E-state index contributed by atoms with van der Waals surface area (Å²) in [6, 6.07) is 4.99. The van der Waals surface area contributed by atoms with Crippen molar-refractivity contribution in [1.82, 2.24) is 9.38 Å². The van der Waals surface area contributed by atoms with Gasteiger partial charge in [-0.15, -0.1) is 11.3 Å². The predicted molar refractivity (Wildman–Crippen MR) is 69.8 cm³/mol. The van der Waals surface area contributed by atoms with Crippen LogP contribution >= 0.6 is 11.3 Å². The smallest absolute Gasteiger partial charge is 0.194 e. The number of hydrogen-bond donors (Lipinski definition) is 0. The van der Waals surface area contributed by atoms with E-state index in [0.29, 0.717) is 0 Å². The summed E-state index contributed by atoms with van der Waals surface area (Å²) in [6.07, 6.45) is 3.63. The van der Waals surface area contributed by atoms with E-state index in [1.807, 2.05) is 23.6 Å². The average molecular weight is 262 g/mol. The van der Waals surface area contributed by atoms with E-state index < -0.39 is 0 Å². The van der Waals surface area contributed by atoms with Crippen LogP contribution in [-0.2, 0) is 0 Å². The number of benzene rings is 1. The summed E-state index contributed by atoms with van der Waals surface area (Å²) in [4.78, 5) is 6.27. The third kappa shape index (κ3) is 1.59. The summed E-state index contributed by atoms with van der Waals surface area (Å²) in [6.45, 7) is 2.01. The molecule has 0 fully saturated rings. The number of nitrogens with zero attached hydrogens (tertiary/aromatic N) is 2. The fourth-order valence-corrected chi connectivity index (χ4v) is 3.00. The lowest BCUT2D eigenvalue weighted by molar-refractivity contribution is 0.386. The lowest BCUT2D eigenvalue weighted by atomic mass is 10.1. The SMILES string of the molecule is COc1ccc(-c2c(C)sc3nccn23)cc1F. The van der Waals surface area contributed by atoms with Crippen molar-refractivity contribution < 1.29 is 9.13 Å². The van der Waals surface area contributed by atoms with Crippen LogP contribution in [0.25, 0.3) is 16.2 Å². The second-order valence-electron chi connectivity index (χ2n) is 3.94. The Morgan fingerprint density at radius 3 is 2.94 bits per heavy atom. The second kappa shape index (κ2) is 4.10. The molecule has 0 aliphatic carbocycles. The van der Waals surface area contributed by atoms with Gasteiger partial charge in [-0.25, -0.2) is 9.37 Å². The third-order valence-corrected chi connectivity index (χ3v) is 3.84. The number of methoxy groups -OCH3 is 1. The molecule has 0 atom stereocenters. The van der Waals surface area contributed by atoms with Gasteiger partial charge in [0.15, 0.2) is 16.5 Å². The highest BCUT2D eigenvalue weighted by molar-refractivity contribution is 7.17. The van der Waals surface area contributed by atoms with Gasteiger partial charge in [0.2, 0.25) is 0 Å². The molecule has 2 heterocycles. The van der Waals surface area contributed by atoms with Gasteiger partial charge < -0.3 is 4.74 Å². The number of hydrogen-bond acceptors (Lipinski definition) is 3. The summed E-state index contributed by atoms with van der Waals surface area (Å²) in [5.74, 6) is -0.0950. The van der Waals surface area contributed by atoms with E-state index in [-0.39, 0.29) is 11.6 Å². The summed E-state index contributed by atoms with van der Waals surface area (Å²) in [5, 5.41) is 0. The summed E-state index contributed by atoms with van der Waals surface area (Å²) in [5.41, 5.74) is 1.81. The molecule has 3 nitrogen and oxygen atoms in total. The minimum atomic E-state index is -0.353. The third-order valence-electron chi connectivity index (χ3n) is 2.85. The Balaban J connectivity index is 2.22. The van der Waals surface area contributed by atoms with Crippen LogP contribution in [0.15, 0.2) is 30.6 Å². The van der Waals surface area contributed by atoms with Crippen LogP contribution in [0.3, 0.4) is 0 Å². The number of aryl methyl sites for hydroxylation is 1. The first-order valence-corrected chi connectivity index (χ1v) is 6.28. The second-order valence-corrected chi connectivity index (χ2v) is 5.12. The van der Waals surface area contributed by atoms with Gasteiger partial charge in [-0.1, -0.05) is 0 Å². The van der Waals surface area contributed by atoms with Gasteiger partial charge in [-0.3, -0.25) is 4.40 Å². The van der Waals surface area contributed by atoms with Gasteiger partial charge in [-0.2, -0.15) is 0 Å². The largest absolute Gasteiger partial charge is 0.494 e. The molecule has 3 aromatic rings. The first-order chi connectivity index (χ1) is 8.70. The summed E-state index contributed by atoms with van der Waals surface area (Å²) < 4.78 is 20.7. The minimum Gasteiger partial charge on any atom is -0.494 e. The Bertz CT molecular complexity index is 717. The normalized spacial score (nSPS) is 11.1. The molecule has 0 saturated heterocycles. The van der Waals surface area contributed by atoms with E-state index >= 15 is 0 Å². The molecule has 92 valence electrons. The molecule has 1 aromatic carbocycles. The molecule has 0 bridgehead atoms. The van der Waals surface area contributed by atoms with Gasteiger partial charge >= 0.3 is 0 Å². The topological polar surface area (TPSA) is 26.5 Å². The molecular formula is C13H11FN2OS. The van der Waals surface area contributed by atoms with Crippen molar-refractivity contribution in [3.63, 3.8) is 0 Å². The van der Waals surface area contributed by atoms with Crippen LogP contribution in [0.4, 0.5) is 4.39 Å². The van der Waals surface area contributed by atoms with Crippen LogP contribution in [0.5, 0.6) is 5.75 Å². The average Bonchev–Trinajstić information content (AvgIpc) is 2.88. The molecule has 0 spiro atoms. The zero-order chi connectivity index (χ0) is 12.7. The standard InChI is InChI=1S/C13H11FN2OS/c1-8-12(16-6-5-15-13(16)18-8)9-3-4-11(17-2)10(14)7-9/h3-7H,1-2H3. The quantitative estimate of drug-likeness (QED) is 0.706. The van der Waals surface area contributed by atoms with Crippen LogP contribution < -0.4 is 4.74 Å². The Morgan fingerprint density at radius 2 is 2.22 bits per heavy atom. The number of aromatic nitrogens is 2. The van der Waals surface area contributed by atoms with E-state index in [2.05, 4.69) is 4.98 Å². The van der Waals surface area contributed by atoms with E-state index in [0.717, 1.165) is 21.1 Å². The van der Waals surface area contributed by atoms with Gasteiger partial charge in [0.1, 0.15) is 0 Å². The molecular weight excluding hydrogens is 251 g/mol. The highest BCUT2D eigenvalue weighted by Crippen LogP contribution is 2.32. The van der Waals surface area contributed by atoms with E-state index in [4.69, 9.17) is 4.74 Å². The number of imidazole rings is 1. The molecule has 18 heavy (non-hydrogen) atoms. The van der Waals surface area contributed by atoms with Gasteiger partial charge in [0.25, 0.3) is 0 Å². The van der Waals surface area contributed by atoms with Gasteiger partial charge in [0, 0.05) is 22.8 Å². The molecule has 2 aromatic heterocycles. The van der Waals surface area contributed by atoms with Crippen molar-refractivity contribution in [2.75, 3.05) is 7.11 Å². The molecule has 0 N–H and O–H groups in total. The molecule has 0 unspecified atom stereocenters. The maximum Gasteiger partial charge on any atom is 0.194 e. The fourth-order valence-electron chi connectivity index (χ4n) is 2.05. The molecule has 0 radical (unpaired) electrons. The van der Waals surface area contributed by atoms with Crippen molar-refractivity contribution in [3.8, 4) is 17.0 Å². The molecule has 0 saturated carbocycles. The summed E-state index contributed by atoms with van der Waals surface area (Å²) >= 11 is 1.59. The van der Waals surface area contributed by atoms with Crippen LogP contribution in [0, 0.1) is 12.7 Å². The lowest BCUT2D eigenvalue weighted by Crippen LogP contribution is -1.91. The number of rotatable bonds is 2. The Hall–Kier alpha value is -1.88. The predicted octanol–water partition coefficient (Wildman–Crippen LogP) is 3.52. The van der Waals surface area contributed by atoms with Crippen LogP contribution in [-0.4, -0.2) is 16.5 Å². The minimum absolute atomic E-state index is 0.258. The fraction of sp³-hybridized carbons (Fsp3) is 0.154. The van der Waals surface area contributed by atoms with E-state index in [1.54, 1.807) is 23.6 Å². The van der Waals surface area contributed by atoms with Crippen molar-refractivity contribution in [1.29, 1.82) is 0 Å². The number of thiazole rings is 1. The number of ether oxygens (including phenoxy) is 1. The first-order valence-electron chi connectivity index (χ1n) is 5.47. The molecule has 0 aliphatic rings. The Labute approximate surface area is 107 Å². The van der Waals surface area contributed by atoms with E-state index in [1.165, 1.54) is 13.2 Å². The maximum atomic E-state index is 13.8. The van der Waals surface area contributed by atoms with Crippen LogP contribution in [0.1, 0.15) is 4.88 Å². The van der Waals surface area contributed by atoms with Gasteiger partial charge in [0.05, 0.1) is 12.8 Å². The van der Waals surface area contributed by atoms with Crippen molar-refractivity contribution in [3.05, 3.63) is 41.3 Å². The number of halogens is 1. The summed E-state index contributed by atoms with van der Waals surface area (Å²) in [7, 11) is 1.46. The monoisotopic (exact) mass is 262 g/mol. The van der Waals surface area contributed by atoms with Crippen molar-refractivity contribution in [2.24, 2.45) is 0 Å². The molecule has 5 heteroatoms. The Kier molecular flexibility index (Phi) is 2.56. The first kappa shape index (κ1) is 11.2. The van der Waals surface area contributed by atoms with Crippen LogP contribution in [0.2, 0.25) is 0 Å². The van der Waals surface area contributed by atoms with E-state index in [9.17, 15) is 4.39 Å². The van der Waals surface area contributed by atoms with Crippen molar-refractivity contribution >= 4 is 16.3 Å². The Morgan fingerprint density at radius 1 is 1.39 bits per heavy atom. The number of fused-ring (bicyclic) bond motifs is 1.